The zero-order valence-corrected chi connectivity index (χ0v) is 38.3. The molecule has 2 aliphatic heterocycles. The largest absolute Gasteiger partial charge is 0.485 e. The van der Waals surface area contributed by atoms with Crippen LogP contribution in [-0.4, -0.2) is 130 Å². The lowest BCUT2D eigenvalue weighted by Crippen LogP contribution is -2.58. The summed E-state index contributed by atoms with van der Waals surface area (Å²) in [6, 6.07) is 15.6. The van der Waals surface area contributed by atoms with Gasteiger partial charge in [0, 0.05) is 106 Å². The van der Waals surface area contributed by atoms with Crippen molar-refractivity contribution in [1.82, 2.24) is 44.2 Å². The standard InChI is InChI=1S/C32H43BN7O2S.C12H17N7O/c1-24-20-40(14-7-13-33-24)43-27-9-6-8-25(18-27)21-39-17-16-38(22-32(39,2)3)26-10-11-28-29(19-26)37(5)35-31(28)36(4)15-12-30(42)34-23-41;1-8(2)20-11-10(9-4-17-18-5-9)16-7-19(14-3)12(11)15-6-13/h6-11,13,18-19,23-24H,12,14-17,20-22H2,1-5H3,(H,34,41,42);4-5,7-8H,3,6,13H2,1-2H3,(H,17,18)/b;15-12-. The first-order chi connectivity index (χ1) is 30.3. The summed E-state index contributed by atoms with van der Waals surface area (Å²) < 4.78 is 11.6. The molecular weight excluding hydrogens is 815 g/mol. The number of imide groups is 1. The van der Waals surface area contributed by atoms with Crippen molar-refractivity contribution >= 4 is 60.7 Å². The van der Waals surface area contributed by atoms with E-state index >= 15 is 0 Å². The van der Waals surface area contributed by atoms with Crippen LogP contribution < -0.4 is 31.1 Å². The van der Waals surface area contributed by atoms with Gasteiger partial charge >= 0.3 is 0 Å². The van der Waals surface area contributed by atoms with Crippen LogP contribution in [0, 0.1) is 0 Å². The summed E-state index contributed by atoms with van der Waals surface area (Å²) in [6.45, 7) is 20.7. The molecule has 0 bridgehead atoms. The number of rotatable bonds is 15. The fraction of sp³-hybridized carbons (Fsp3) is 0.432. The molecule has 1 fully saturated rings. The van der Waals surface area contributed by atoms with E-state index in [9.17, 15) is 9.59 Å². The Morgan fingerprint density at radius 3 is 2.78 bits per heavy atom. The molecule has 0 aliphatic carbocycles. The van der Waals surface area contributed by atoms with Crippen molar-refractivity contribution in [2.45, 2.75) is 69.9 Å². The normalized spacial score (nSPS) is 16.9. The number of anilines is 2. The molecule has 17 nitrogen and oxygen atoms in total. The molecule has 5 aromatic rings. The lowest BCUT2D eigenvalue weighted by Gasteiger charge is -2.48. The Morgan fingerprint density at radius 2 is 2.06 bits per heavy atom. The maximum atomic E-state index is 11.7. The Kier molecular flexibility index (Phi) is 16.0. The monoisotopic (exact) mass is 875 g/mol. The molecule has 2 aliphatic rings. The SMILES string of the molecule is C=Nn1cnc(-c2cn[nH]c2)c(OC(C)C)/c1=N/CN.CC1[B]C=CCN(Sc2cccc(CN3CCN(c4ccc5c(N(C)CCC(=O)NC=O)nn(C)c5c4)CC3(C)C)c2)C1. The van der Waals surface area contributed by atoms with Gasteiger partial charge in [-0.05, 0) is 75.5 Å². The van der Waals surface area contributed by atoms with Crippen molar-refractivity contribution in [3.8, 4) is 17.0 Å². The lowest BCUT2D eigenvalue weighted by molar-refractivity contribution is -0.125. The number of carbonyl (C=O) groups excluding carboxylic acids is 2. The molecule has 1 radical (unpaired) electrons. The summed E-state index contributed by atoms with van der Waals surface area (Å²) in [6.07, 6.45) is 7.75. The maximum absolute atomic E-state index is 11.7. The van der Waals surface area contributed by atoms with Crippen molar-refractivity contribution in [3.05, 3.63) is 84.3 Å². The van der Waals surface area contributed by atoms with Gasteiger partial charge in [0.1, 0.15) is 19.3 Å². The molecule has 0 spiro atoms. The van der Waals surface area contributed by atoms with Gasteiger partial charge < -0.3 is 20.3 Å². The summed E-state index contributed by atoms with van der Waals surface area (Å²) in [5.41, 5.74) is 11.0. The van der Waals surface area contributed by atoms with E-state index < -0.39 is 0 Å². The van der Waals surface area contributed by atoms with Crippen LogP contribution in [0.2, 0.25) is 5.82 Å². The first-order valence-corrected chi connectivity index (χ1v) is 21.9. The molecule has 1 saturated heterocycles. The van der Waals surface area contributed by atoms with Gasteiger partial charge in [-0.1, -0.05) is 30.9 Å². The topological polar surface area (TPSA) is 183 Å². The number of aromatic nitrogens is 6. The van der Waals surface area contributed by atoms with E-state index in [1.165, 1.54) is 27.1 Å². The van der Waals surface area contributed by atoms with Gasteiger partial charge in [-0.2, -0.15) is 15.3 Å². The number of hydrogen-bond acceptors (Lipinski definition) is 14. The van der Waals surface area contributed by atoms with Gasteiger partial charge in [-0.25, -0.2) is 19.0 Å². The molecule has 7 rings (SSSR count). The number of aryl methyl sites for hydroxylation is 1. The van der Waals surface area contributed by atoms with E-state index in [2.05, 4.69) is 134 Å². The van der Waals surface area contributed by atoms with Crippen LogP contribution in [0.15, 0.2) is 88.2 Å². The number of aromatic amines is 1. The Balaban J connectivity index is 0.000000276. The van der Waals surface area contributed by atoms with Crippen molar-refractivity contribution < 1.29 is 14.3 Å². The molecule has 1 atom stereocenters. The van der Waals surface area contributed by atoms with E-state index in [4.69, 9.17) is 15.6 Å². The minimum atomic E-state index is -0.295. The van der Waals surface area contributed by atoms with Gasteiger partial charge in [0.2, 0.25) is 12.3 Å². The average Bonchev–Trinajstić information content (AvgIpc) is 3.85. The third-order valence-corrected chi connectivity index (χ3v) is 11.9. The predicted molar refractivity (Wildman–Crippen MR) is 253 cm³/mol. The number of benzene rings is 2. The molecule has 0 saturated carbocycles. The van der Waals surface area contributed by atoms with Gasteiger partial charge in [0.25, 0.3) is 0 Å². The number of H-pyrrole nitrogens is 1. The highest BCUT2D eigenvalue weighted by molar-refractivity contribution is 7.97. The van der Waals surface area contributed by atoms with Crippen molar-refractivity contribution in [2.24, 2.45) is 22.9 Å². The predicted octanol–water partition coefficient (Wildman–Crippen LogP) is 4.46. The summed E-state index contributed by atoms with van der Waals surface area (Å²) in [5.74, 6) is 3.79. The second-order valence-electron chi connectivity index (χ2n) is 16.6. The molecule has 3 aromatic heterocycles. The van der Waals surface area contributed by atoms with Crippen molar-refractivity contribution in [3.63, 3.8) is 0 Å². The fourth-order valence-electron chi connectivity index (χ4n) is 7.67. The summed E-state index contributed by atoms with van der Waals surface area (Å²) in [4.78, 5) is 39.2. The van der Waals surface area contributed by atoms with Crippen LogP contribution in [0.4, 0.5) is 11.5 Å². The van der Waals surface area contributed by atoms with E-state index in [0.29, 0.717) is 35.7 Å². The molecule has 2 amide bonds. The number of carbonyl (C=O) groups is 2. The number of fused-ring (bicyclic) bond motifs is 1. The second-order valence-corrected chi connectivity index (χ2v) is 17.7. The Labute approximate surface area is 374 Å². The number of nitrogens with two attached hydrogens (primary N) is 1. The third-order valence-electron chi connectivity index (χ3n) is 10.8. The number of piperazine rings is 1. The molecular formula is C44H60BN14O3S. The number of nitrogens with zero attached hydrogens (tertiary/aromatic N) is 11. The summed E-state index contributed by atoms with van der Waals surface area (Å²) >= 11 is 1.86. The highest BCUT2D eigenvalue weighted by Gasteiger charge is 2.34. The number of nitrogens with one attached hydrogen (secondary N) is 2. The Bertz CT molecular complexity index is 2430. The van der Waals surface area contributed by atoms with E-state index in [-0.39, 0.29) is 30.6 Å². The molecule has 333 valence electrons. The summed E-state index contributed by atoms with van der Waals surface area (Å²) in [5, 5.41) is 18.5. The first kappa shape index (κ1) is 46.7. The van der Waals surface area contributed by atoms with Crippen LogP contribution >= 0.6 is 11.9 Å². The van der Waals surface area contributed by atoms with E-state index in [0.717, 1.165) is 61.6 Å². The first-order valence-electron chi connectivity index (χ1n) is 21.2. The zero-order valence-electron chi connectivity index (χ0n) is 37.4. The quantitative estimate of drug-likeness (QED) is 0.0582. The van der Waals surface area contributed by atoms with Gasteiger partial charge in [-0.15, -0.1) is 5.98 Å². The molecule has 5 heterocycles. The van der Waals surface area contributed by atoms with Crippen LogP contribution in [-0.2, 0) is 23.2 Å². The molecule has 4 N–H and O–H groups in total. The number of hydrogen-bond donors (Lipinski definition) is 3. The minimum Gasteiger partial charge on any atom is -0.485 e. The van der Waals surface area contributed by atoms with E-state index in [1.54, 1.807) is 12.4 Å². The smallest absolute Gasteiger partial charge is 0.228 e. The molecule has 63 heavy (non-hydrogen) atoms. The Hall–Kier alpha value is -5.76. The average molecular weight is 876 g/mol. The number of ether oxygens (including phenoxy) is 1. The fourth-order valence-corrected chi connectivity index (χ4v) is 8.78. The van der Waals surface area contributed by atoms with E-state index in [1.807, 2.05) is 49.5 Å². The minimum absolute atomic E-state index is 0.00285. The second kappa shape index (κ2) is 21.6. The highest BCUT2D eigenvalue weighted by atomic mass is 32.2. The van der Waals surface area contributed by atoms with Crippen LogP contribution in [0.3, 0.4) is 0 Å². The van der Waals surface area contributed by atoms with Gasteiger partial charge in [0.15, 0.2) is 17.1 Å². The van der Waals surface area contributed by atoms with Crippen LogP contribution in [0.1, 0.15) is 46.6 Å². The van der Waals surface area contributed by atoms with Gasteiger partial charge in [-0.3, -0.25) is 29.6 Å². The summed E-state index contributed by atoms with van der Waals surface area (Å²) in [7, 11) is 6.16. The van der Waals surface area contributed by atoms with Crippen LogP contribution in [0.5, 0.6) is 5.75 Å². The van der Waals surface area contributed by atoms with Crippen LogP contribution in [0.25, 0.3) is 22.2 Å². The van der Waals surface area contributed by atoms with Crippen molar-refractivity contribution in [1.29, 1.82) is 0 Å². The molecule has 19 heteroatoms. The highest BCUT2D eigenvalue weighted by Crippen LogP contribution is 2.33. The zero-order chi connectivity index (χ0) is 45.1. The number of amides is 2. The van der Waals surface area contributed by atoms with Crippen molar-refractivity contribution in [2.75, 3.05) is 62.8 Å². The Morgan fingerprint density at radius 1 is 1.24 bits per heavy atom. The maximum Gasteiger partial charge on any atom is 0.228 e. The molecule has 1 unspecified atom stereocenters. The molecule has 2 aromatic carbocycles. The third kappa shape index (κ3) is 12.0. The lowest BCUT2D eigenvalue weighted by atomic mass is 9.66. The van der Waals surface area contributed by atoms with Gasteiger partial charge in [0.05, 0.1) is 24.5 Å².